The van der Waals surface area contributed by atoms with E-state index in [4.69, 9.17) is 0 Å². The molecule has 1 aromatic carbocycles. The number of hydrogen-bond donors (Lipinski definition) is 0. The number of benzene rings is 1. The maximum Gasteiger partial charge on any atom is 0.243 e. The van der Waals surface area contributed by atoms with Crippen molar-refractivity contribution < 1.29 is 8.42 Å². The maximum atomic E-state index is 13.6. The Kier molecular flexibility index (Phi) is 5.66. The first-order valence-electron chi connectivity index (χ1n) is 9.61. The van der Waals surface area contributed by atoms with Gasteiger partial charge < -0.3 is 0 Å². The minimum atomic E-state index is -3.42. The maximum absolute atomic E-state index is 13.6. The lowest BCUT2D eigenvalue weighted by Crippen LogP contribution is -2.48. The van der Waals surface area contributed by atoms with E-state index in [-0.39, 0.29) is 12.1 Å². The van der Waals surface area contributed by atoms with Crippen molar-refractivity contribution in [2.24, 2.45) is 0 Å². The van der Waals surface area contributed by atoms with Gasteiger partial charge in [-0.15, -0.1) is 0 Å². The third-order valence-electron chi connectivity index (χ3n) is 5.77. The number of rotatable bonds is 4. The van der Waals surface area contributed by atoms with Crippen molar-refractivity contribution in [3.05, 3.63) is 29.3 Å². The predicted octanol–water partition coefficient (Wildman–Crippen LogP) is 4.96. The number of nitrogens with zero attached hydrogens (tertiary/aromatic N) is 1. The molecule has 0 bridgehead atoms. The minimum absolute atomic E-state index is 0.201. The SMILES string of the molecule is Cc1ccc(C)c(S(=O)(=O)N(C2CCCCC2)C2CCCCC2)c1. The highest BCUT2D eigenvalue weighted by atomic mass is 32.2. The van der Waals surface area contributed by atoms with Crippen LogP contribution in [0.1, 0.15) is 75.3 Å². The van der Waals surface area contributed by atoms with Gasteiger partial charge in [-0.3, -0.25) is 0 Å². The Bertz CT molecular complexity index is 638. The average molecular weight is 350 g/mol. The smallest absolute Gasteiger partial charge is 0.207 e. The summed E-state index contributed by atoms with van der Waals surface area (Å²) in [5, 5.41) is 0. The highest BCUT2D eigenvalue weighted by Crippen LogP contribution is 2.35. The fourth-order valence-electron chi connectivity index (χ4n) is 4.46. The zero-order valence-corrected chi connectivity index (χ0v) is 15.9. The molecule has 0 aliphatic heterocycles. The Morgan fingerprint density at radius 1 is 0.833 bits per heavy atom. The van der Waals surface area contributed by atoms with Gasteiger partial charge in [0, 0.05) is 12.1 Å². The van der Waals surface area contributed by atoms with E-state index in [2.05, 4.69) is 0 Å². The molecule has 0 amide bonds. The summed E-state index contributed by atoms with van der Waals surface area (Å²) in [5.41, 5.74) is 1.89. The largest absolute Gasteiger partial charge is 0.243 e. The van der Waals surface area contributed by atoms with Crippen LogP contribution in [0.5, 0.6) is 0 Å². The first-order valence-corrected chi connectivity index (χ1v) is 11.0. The van der Waals surface area contributed by atoms with Crippen LogP contribution in [0, 0.1) is 13.8 Å². The summed E-state index contributed by atoms with van der Waals surface area (Å²) in [4.78, 5) is 0.527. The van der Waals surface area contributed by atoms with Crippen LogP contribution >= 0.6 is 0 Å². The molecule has 1 aromatic rings. The lowest BCUT2D eigenvalue weighted by molar-refractivity contribution is 0.169. The zero-order chi connectivity index (χ0) is 17.2. The van der Waals surface area contributed by atoms with Crippen LogP contribution < -0.4 is 0 Å². The summed E-state index contributed by atoms with van der Waals surface area (Å²) in [6.45, 7) is 3.90. The second-order valence-corrected chi connectivity index (χ2v) is 9.50. The normalized spacial score (nSPS) is 21.3. The van der Waals surface area contributed by atoms with Gasteiger partial charge in [0.1, 0.15) is 0 Å². The molecule has 0 radical (unpaired) electrons. The number of sulfonamides is 1. The summed E-state index contributed by atoms with van der Waals surface area (Å²) >= 11 is 0. The van der Waals surface area contributed by atoms with Crippen molar-refractivity contribution in [1.29, 1.82) is 0 Å². The third-order valence-corrected chi connectivity index (χ3v) is 7.92. The summed E-state index contributed by atoms with van der Waals surface area (Å²) in [7, 11) is -3.42. The van der Waals surface area contributed by atoms with Crippen LogP contribution in [-0.2, 0) is 10.0 Å². The van der Waals surface area contributed by atoms with Crippen molar-refractivity contribution in [2.45, 2.75) is 95.0 Å². The van der Waals surface area contributed by atoms with Gasteiger partial charge in [0.05, 0.1) is 4.90 Å². The second kappa shape index (κ2) is 7.57. The fourth-order valence-corrected chi connectivity index (χ4v) is 6.70. The minimum Gasteiger partial charge on any atom is -0.207 e. The molecule has 4 heteroatoms. The highest BCUT2D eigenvalue weighted by Gasteiger charge is 2.38. The van der Waals surface area contributed by atoms with Gasteiger partial charge in [0.15, 0.2) is 0 Å². The molecular weight excluding hydrogens is 318 g/mol. The standard InChI is InChI=1S/C20H31NO2S/c1-16-13-14-17(2)20(15-16)24(22,23)21(18-9-5-3-6-10-18)19-11-7-4-8-12-19/h13-15,18-19H,3-12H2,1-2H3. The molecule has 2 saturated carbocycles. The summed E-state index contributed by atoms with van der Waals surface area (Å²) in [5.74, 6) is 0. The van der Waals surface area contributed by atoms with Gasteiger partial charge in [0.2, 0.25) is 10.0 Å². The van der Waals surface area contributed by atoms with Crippen molar-refractivity contribution in [1.82, 2.24) is 4.31 Å². The van der Waals surface area contributed by atoms with Crippen LogP contribution in [0.25, 0.3) is 0 Å². The second-order valence-electron chi connectivity index (χ2n) is 7.69. The van der Waals surface area contributed by atoms with Crippen molar-refractivity contribution in [3.63, 3.8) is 0 Å². The Morgan fingerprint density at radius 3 is 1.83 bits per heavy atom. The Balaban J connectivity index is 2.00. The lowest BCUT2D eigenvalue weighted by Gasteiger charge is -2.40. The molecule has 0 unspecified atom stereocenters. The van der Waals surface area contributed by atoms with E-state index in [0.717, 1.165) is 62.5 Å². The van der Waals surface area contributed by atoms with E-state index in [9.17, 15) is 8.42 Å². The van der Waals surface area contributed by atoms with Crippen LogP contribution in [0.4, 0.5) is 0 Å². The van der Waals surface area contributed by atoms with Crippen LogP contribution in [0.3, 0.4) is 0 Å². The zero-order valence-electron chi connectivity index (χ0n) is 15.1. The summed E-state index contributed by atoms with van der Waals surface area (Å²) in [6.07, 6.45) is 11.3. The molecular formula is C20H31NO2S. The molecule has 134 valence electrons. The molecule has 0 spiro atoms. The Labute approximate surface area is 147 Å². The van der Waals surface area contributed by atoms with Gasteiger partial charge in [-0.05, 0) is 56.7 Å². The molecule has 24 heavy (non-hydrogen) atoms. The lowest BCUT2D eigenvalue weighted by atomic mass is 9.91. The fraction of sp³-hybridized carbons (Fsp3) is 0.700. The molecule has 0 saturated heterocycles. The number of hydrogen-bond acceptors (Lipinski definition) is 2. The van der Waals surface area contributed by atoms with E-state index in [1.54, 1.807) is 0 Å². The molecule has 2 aliphatic carbocycles. The van der Waals surface area contributed by atoms with Crippen molar-refractivity contribution >= 4 is 10.0 Å². The van der Waals surface area contributed by atoms with Gasteiger partial charge in [-0.1, -0.05) is 50.7 Å². The molecule has 0 heterocycles. The van der Waals surface area contributed by atoms with Gasteiger partial charge in [-0.25, -0.2) is 8.42 Å². The Hall–Kier alpha value is -0.870. The molecule has 0 atom stereocenters. The topological polar surface area (TPSA) is 37.4 Å². The summed E-state index contributed by atoms with van der Waals surface area (Å²) in [6, 6.07) is 6.21. The average Bonchev–Trinajstić information content (AvgIpc) is 2.59. The van der Waals surface area contributed by atoms with E-state index in [1.807, 2.05) is 36.4 Å². The Morgan fingerprint density at radius 2 is 1.33 bits per heavy atom. The van der Waals surface area contributed by atoms with Crippen molar-refractivity contribution in [2.75, 3.05) is 0 Å². The molecule has 3 nitrogen and oxygen atoms in total. The summed E-state index contributed by atoms with van der Waals surface area (Å²) < 4.78 is 29.2. The first kappa shape index (κ1) is 17.9. The van der Waals surface area contributed by atoms with Crippen molar-refractivity contribution in [3.8, 4) is 0 Å². The quantitative estimate of drug-likeness (QED) is 0.770. The first-order chi connectivity index (χ1) is 11.5. The molecule has 0 aromatic heterocycles. The molecule has 2 fully saturated rings. The van der Waals surface area contributed by atoms with Crippen LogP contribution in [0.15, 0.2) is 23.1 Å². The predicted molar refractivity (Wildman–Crippen MR) is 98.7 cm³/mol. The van der Waals surface area contributed by atoms with Gasteiger partial charge in [0.25, 0.3) is 0 Å². The van der Waals surface area contributed by atoms with Gasteiger partial charge in [-0.2, -0.15) is 4.31 Å². The molecule has 0 N–H and O–H groups in total. The van der Waals surface area contributed by atoms with E-state index in [0.29, 0.717) is 4.90 Å². The molecule has 2 aliphatic rings. The monoisotopic (exact) mass is 349 g/mol. The van der Waals surface area contributed by atoms with Crippen LogP contribution in [0.2, 0.25) is 0 Å². The number of aryl methyl sites for hydroxylation is 2. The molecule has 3 rings (SSSR count). The van der Waals surface area contributed by atoms with Gasteiger partial charge >= 0.3 is 0 Å². The van der Waals surface area contributed by atoms with E-state index >= 15 is 0 Å². The highest BCUT2D eigenvalue weighted by molar-refractivity contribution is 7.89. The van der Waals surface area contributed by atoms with Crippen LogP contribution in [-0.4, -0.2) is 24.8 Å². The van der Waals surface area contributed by atoms with E-state index < -0.39 is 10.0 Å². The van der Waals surface area contributed by atoms with E-state index in [1.165, 1.54) is 12.8 Å². The third kappa shape index (κ3) is 3.70.